The largest absolute Gasteiger partial charge is 0.489 e. The van der Waals surface area contributed by atoms with Crippen LogP contribution in [0.1, 0.15) is 5.56 Å². The average molecular weight is 235 g/mol. The van der Waals surface area contributed by atoms with Gasteiger partial charge in [-0.2, -0.15) is 0 Å². The zero-order chi connectivity index (χ0) is 12.3. The first-order valence-corrected chi connectivity index (χ1v) is 5.08. The molecule has 2 aromatic carbocycles. The molecule has 0 fully saturated rings. The molecule has 2 nitrogen and oxygen atoms in total. The van der Waals surface area contributed by atoms with E-state index in [0.29, 0.717) is 17.0 Å². The Hall–Kier alpha value is -2.10. The number of halogens is 2. The van der Waals surface area contributed by atoms with E-state index in [1.807, 2.05) is 0 Å². The van der Waals surface area contributed by atoms with Gasteiger partial charge in [0.1, 0.15) is 24.0 Å². The van der Waals surface area contributed by atoms with Gasteiger partial charge >= 0.3 is 0 Å². The Morgan fingerprint density at radius 1 is 1.00 bits per heavy atom. The summed E-state index contributed by atoms with van der Waals surface area (Å²) in [6.45, 7) is 0.0180. The van der Waals surface area contributed by atoms with Gasteiger partial charge in [-0.25, -0.2) is 8.78 Å². The van der Waals surface area contributed by atoms with Crippen molar-refractivity contribution < 1.29 is 13.5 Å². The van der Waals surface area contributed by atoms with Gasteiger partial charge in [-0.3, -0.25) is 0 Å². The third kappa shape index (κ3) is 2.72. The molecule has 17 heavy (non-hydrogen) atoms. The van der Waals surface area contributed by atoms with Gasteiger partial charge in [-0.1, -0.05) is 6.07 Å². The number of nitrogens with two attached hydrogens (primary N) is 1. The van der Waals surface area contributed by atoms with Gasteiger partial charge in [-0.05, 0) is 36.4 Å². The van der Waals surface area contributed by atoms with E-state index in [1.165, 1.54) is 36.4 Å². The van der Waals surface area contributed by atoms with Crippen LogP contribution in [-0.4, -0.2) is 0 Å². The molecule has 0 amide bonds. The fourth-order valence-electron chi connectivity index (χ4n) is 1.41. The molecule has 88 valence electrons. The molecule has 0 spiro atoms. The molecule has 0 aliphatic rings. The van der Waals surface area contributed by atoms with E-state index in [0.717, 1.165) is 0 Å². The van der Waals surface area contributed by atoms with Gasteiger partial charge in [0.15, 0.2) is 0 Å². The predicted octanol–water partition coefficient (Wildman–Crippen LogP) is 3.13. The standard InChI is InChI=1S/C13H11F2NO/c14-9-4-6-10(7-5-9)17-8-11-12(15)2-1-3-13(11)16/h1-7H,8,16H2. The van der Waals surface area contributed by atoms with E-state index in [-0.39, 0.29) is 12.4 Å². The lowest BCUT2D eigenvalue weighted by molar-refractivity contribution is 0.300. The second kappa shape index (κ2) is 4.82. The van der Waals surface area contributed by atoms with Crippen LogP contribution in [0.4, 0.5) is 14.5 Å². The summed E-state index contributed by atoms with van der Waals surface area (Å²) in [5.74, 6) is -0.288. The minimum absolute atomic E-state index is 0.0180. The maximum atomic E-state index is 13.4. The van der Waals surface area contributed by atoms with Crippen molar-refractivity contribution in [3.8, 4) is 5.75 Å². The van der Waals surface area contributed by atoms with Crippen molar-refractivity contribution >= 4 is 5.69 Å². The number of anilines is 1. The number of hydrogen-bond acceptors (Lipinski definition) is 2. The Morgan fingerprint density at radius 2 is 1.71 bits per heavy atom. The van der Waals surface area contributed by atoms with Crippen LogP contribution in [-0.2, 0) is 6.61 Å². The minimum Gasteiger partial charge on any atom is -0.489 e. The zero-order valence-corrected chi connectivity index (χ0v) is 8.99. The number of ether oxygens (including phenoxy) is 1. The van der Waals surface area contributed by atoms with E-state index >= 15 is 0 Å². The number of benzene rings is 2. The predicted molar refractivity (Wildman–Crippen MR) is 61.5 cm³/mol. The second-order valence-corrected chi connectivity index (χ2v) is 3.55. The highest BCUT2D eigenvalue weighted by Gasteiger charge is 2.06. The SMILES string of the molecule is Nc1cccc(F)c1COc1ccc(F)cc1. The zero-order valence-electron chi connectivity index (χ0n) is 8.99. The summed E-state index contributed by atoms with van der Waals surface area (Å²) in [6.07, 6.45) is 0. The highest BCUT2D eigenvalue weighted by atomic mass is 19.1. The normalized spacial score (nSPS) is 10.2. The lowest BCUT2D eigenvalue weighted by Crippen LogP contribution is -2.03. The Morgan fingerprint density at radius 3 is 2.35 bits per heavy atom. The molecule has 0 aliphatic heterocycles. The van der Waals surface area contributed by atoms with Crippen LogP contribution in [0.5, 0.6) is 5.75 Å². The smallest absolute Gasteiger partial charge is 0.131 e. The third-order valence-corrected chi connectivity index (χ3v) is 2.35. The summed E-state index contributed by atoms with van der Waals surface area (Å²) in [5.41, 5.74) is 6.27. The van der Waals surface area contributed by atoms with Crippen LogP contribution in [0, 0.1) is 11.6 Å². The molecule has 4 heteroatoms. The van der Waals surface area contributed by atoms with Crippen molar-refractivity contribution in [2.75, 3.05) is 5.73 Å². The second-order valence-electron chi connectivity index (χ2n) is 3.55. The van der Waals surface area contributed by atoms with E-state index in [2.05, 4.69) is 0 Å². The Balaban J connectivity index is 2.10. The van der Waals surface area contributed by atoms with E-state index in [1.54, 1.807) is 6.07 Å². The Labute approximate surface area is 97.6 Å². The summed E-state index contributed by atoms with van der Waals surface area (Å²) < 4.78 is 31.4. The first-order chi connectivity index (χ1) is 8.16. The quantitative estimate of drug-likeness (QED) is 0.829. The summed E-state index contributed by atoms with van der Waals surface area (Å²) in [6, 6.07) is 9.97. The first kappa shape index (κ1) is 11.4. The van der Waals surface area contributed by atoms with Gasteiger partial charge < -0.3 is 10.5 Å². The van der Waals surface area contributed by atoms with Crippen molar-refractivity contribution in [1.82, 2.24) is 0 Å². The van der Waals surface area contributed by atoms with Crippen molar-refractivity contribution in [2.24, 2.45) is 0 Å². The Kier molecular flexibility index (Phi) is 3.23. The lowest BCUT2D eigenvalue weighted by Gasteiger charge is -2.09. The summed E-state index contributed by atoms with van der Waals surface area (Å²) >= 11 is 0. The average Bonchev–Trinajstić information content (AvgIpc) is 2.31. The molecule has 2 aromatic rings. The monoisotopic (exact) mass is 235 g/mol. The fraction of sp³-hybridized carbons (Fsp3) is 0.0769. The molecule has 0 heterocycles. The molecular weight excluding hydrogens is 224 g/mol. The van der Waals surface area contributed by atoms with Gasteiger partial charge in [-0.15, -0.1) is 0 Å². The molecule has 0 atom stereocenters. The first-order valence-electron chi connectivity index (χ1n) is 5.08. The number of rotatable bonds is 3. The molecule has 0 saturated heterocycles. The van der Waals surface area contributed by atoms with Gasteiger partial charge in [0.25, 0.3) is 0 Å². The fourth-order valence-corrected chi connectivity index (χ4v) is 1.41. The highest BCUT2D eigenvalue weighted by molar-refractivity contribution is 5.47. The molecule has 0 bridgehead atoms. The summed E-state index contributed by atoms with van der Waals surface area (Å²) in [4.78, 5) is 0. The van der Waals surface area contributed by atoms with Crippen LogP contribution >= 0.6 is 0 Å². The molecule has 0 aliphatic carbocycles. The highest BCUT2D eigenvalue weighted by Crippen LogP contribution is 2.19. The van der Waals surface area contributed by atoms with Crippen LogP contribution in [0.2, 0.25) is 0 Å². The van der Waals surface area contributed by atoms with Crippen molar-refractivity contribution in [3.63, 3.8) is 0 Å². The summed E-state index contributed by atoms with van der Waals surface area (Å²) in [5, 5.41) is 0. The molecule has 2 rings (SSSR count). The van der Waals surface area contributed by atoms with Gasteiger partial charge in [0, 0.05) is 11.3 Å². The van der Waals surface area contributed by atoms with Crippen LogP contribution in [0.3, 0.4) is 0 Å². The third-order valence-electron chi connectivity index (χ3n) is 2.35. The van der Waals surface area contributed by atoms with Crippen molar-refractivity contribution in [1.29, 1.82) is 0 Å². The molecule has 2 N–H and O–H groups in total. The van der Waals surface area contributed by atoms with Gasteiger partial charge in [0.05, 0.1) is 0 Å². The summed E-state index contributed by atoms with van der Waals surface area (Å²) in [7, 11) is 0. The van der Waals surface area contributed by atoms with Gasteiger partial charge in [0.2, 0.25) is 0 Å². The molecule has 0 radical (unpaired) electrons. The molecule has 0 aromatic heterocycles. The maximum absolute atomic E-state index is 13.4. The van der Waals surface area contributed by atoms with E-state index in [4.69, 9.17) is 10.5 Å². The molecule has 0 saturated carbocycles. The van der Waals surface area contributed by atoms with Crippen molar-refractivity contribution in [3.05, 3.63) is 59.7 Å². The maximum Gasteiger partial charge on any atom is 0.131 e. The number of nitrogen functional groups attached to an aromatic ring is 1. The van der Waals surface area contributed by atoms with Crippen molar-refractivity contribution in [2.45, 2.75) is 6.61 Å². The van der Waals surface area contributed by atoms with E-state index in [9.17, 15) is 8.78 Å². The van der Waals surface area contributed by atoms with Crippen LogP contribution in [0.25, 0.3) is 0 Å². The number of hydrogen-bond donors (Lipinski definition) is 1. The van der Waals surface area contributed by atoms with Crippen LogP contribution < -0.4 is 10.5 Å². The minimum atomic E-state index is -0.410. The Bertz CT molecular complexity index is 491. The molecule has 0 unspecified atom stereocenters. The topological polar surface area (TPSA) is 35.2 Å². The molecular formula is C13H11F2NO. The van der Waals surface area contributed by atoms with Crippen LogP contribution in [0.15, 0.2) is 42.5 Å². The lowest BCUT2D eigenvalue weighted by atomic mass is 10.2. The van der Waals surface area contributed by atoms with E-state index < -0.39 is 5.82 Å².